The van der Waals surface area contributed by atoms with Crippen LogP contribution in [-0.2, 0) is 27.2 Å². The van der Waals surface area contributed by atoms with Crippen LogP contribution in [0.2, 0.25) is 0 Å². The predicted molar refractivity (Wildman–Crippen MR) is 237 cm³/mol. The second-order valence-corrected chi connectivity index (χ2v) is 16.3. The minimum Gasteiger partial charge on any atom is -0.313 e. The number of aryl methyl sites for hydroxylation is 3. The van der Waals surface area contributed by atoms with Gasteiger partial charge in [0.1, 0.15) is 0 Å². The Hall–Kier alpha value is -6.38. The molecule has 0 radical (unpaired) electrons. The molecule has 0 spiro atoms. The molecule has 0 aliphatic heterocycles. The minimum absolute atomic E-state index is 0.242. The molecule has 0 saturated carbocycles. The van der Waals surface area contributed by atoms with E-state index in [1.54, 1.807) is 30.7 Å². The van der Waals surface area contributed by atoms with Crippen molar-refractivity contribution in [2.24, 2.45) is 14.1 Å². The number of carbonyl (C=O) groups is 2. The van der Waals surface area contributed by atoms with Crippen LogP contribution in [0.1, 0.15) is 48.5 Å². The highest BCUT2D eigenvalue weighted by Crippen LogP contribution is 2.36. The zero-order chi connectivity index (χ0) is 41.4. The number of aromatic nitrogens is 8. The molecule has 0 atom stereocenters. The fourth-order valence-corrected chi connectivity index (χ4v) is 8.27. The molecular formula is C45H40Br2N10O2. The van der Waals surface area contributed by atoms with Gasteiger partial charge in [-0.05, 0) is 109 Å². The lowest BCUT2D eigenvalue weighted by Gasteiger charge is -2.12. The molecule has 0 saturated heterocycles. The predicted octanol–water partition coefficient (Wildman–Crippen LogP) is 9.60. The van der Waals surface area contributed by atoms with Crippen molar-refractivity contribution in [3.63, 3.8) is 0 Å². The van der Waals surface area contributed by atoms with Gasteiger partial charge in [-0.2, -0.15) is 10.2 Å². The van der Waals surface area contributed by atoms with Crippen molar-refractivity contribution in [3.8, 4) is 33.6 Å². The minimum atomic E-state index is -0.248. The van der Waals surface area contributed by atoms with Gasteiger partial charge in [0.15, 0.2) is 0 Å². The number of benzene rings is 4. The third kappa shape index (κ3) is 8.32. The molecule has 0 unspecified atom stereocenters. The van der Waals surface area contributed by atoms with Gasteiger partial charge in [0.2, 0.25) is 11.9 Å². The molecule has 14 heteroatoms. The summed E-state index contributed by atoms with van der Waals surface area (Å²) in [5, 5.41) is 14.9. The highest BCUT2D eigenvalue weighted by atomic mass is 79.9. The van der Waals surface area contributed by atoms with Crippen LogP contribution >= 0.6 is 31.9 Å². The van der Waals surface area contributed by atoms with E-state index in [-0.39, 0.29) is 11.8 Å². The van der Waals surface area contributed by atoms with Crippen LogP contribution in [0.25, 0.3) is 33.6 Å². The van der Waals surface area contributed by atoms with Crippen molar-refractivity contribution >= 4 is 55.6 Å². The number of amides is 2. The molecule has 8 aromatic rings. The highest BCUT2D eigenvalue weighted by molar-refractivity contribution is 9.11. The molecule has 12 nitrogen and oxygen atoms in total. The molecule has 0 aliphatic carbocycles. The summed E-state index contributed by atoms with van der Waals surface area (Å²) in [5.74, 6) is 0.409. The Morgan fingerprint density at radius 2 is 1.17 bits per heavy atom. The van der Waals surface area contributed by atoms with Crippen LogP contribution in [0.5, 0.6) is 0 Å². The summed E-state index contributed by atoms with van der Waals surface area (Å²) in [4.78, 5) is 35.8. The van der Waals surface area contributed by atoms with Crippen molar-refractivity contribution in [2.45, 2.75) is 33.9 Å². The zero-order valence-corrected chi connectivity index (χ0v) is 36.2. The topological polar surface area (TPSA) is 129 Å². The number of imidazole rings is 2. The Morgan fingerprint density at radius 3 is 1.78 bits per heavy atom. The van der Waals surface area contributed by atoms with Gasteiger partial charge in [0.25, 0.3) is 11.8 Å². The maximum Gasteiger partial charge on any atom is 0.257 e. The zero-order valence-electron chi connectivity index (χ0n) is 33.0. The molecule has 296 valence electrons. The average molecular weight is 913 g/mol. The molecule has 4 aromatic carbocycles. The highest BCUT2D eigenvalue weighted by Gasteiger charge is 2.19. The first-order valence-corrected chi connectivity index (χ1v) is 20.4. The van der Waals surface area contributed by atoms with Crippen LogP contribution < -0.4 is 10.6 Å². The Morgan fingerprint density at radius 1 is 0.610 bits per heavy atom. The van der Waals surface area contributed by atoms with Gasteiger partial charge in [-0.15, -0.1) is 0 Å². The maximum atomic E-state index is 13.4. The van der Waals surface area contributed by atoms with Crippen molar-refractivity contribution in [3.05, 3.63) is 164 Å². The smallest absolute Gasteiger partial charge is 0.257 e. The number of anilines is 2. The molecular weight excluding hydrogens is 872 g/mol. The number of hydrogen-bond acceptors (Lipinski definition) is 6. The lowest BCUT2D eigenvalue weighted by atomic mass is 10.00. The Balaban J connectivity index is 0.936. The third-order valence-electron chi connectivity index (χ3n) is 10.4. The molecule has 0 bridgehead atoms. The van der Waals surface area contributed by atoms with E-state index in [1.165, 1.54) is 11.1 Å². The lowest BCUT2D eigenvalue weighted by molar-refractivity contribution is 0.101. The summed E-state index contributed by atoms with van der Waals surface area (Å²) in [6, 6.07) is 25.3. The molecule has 0 aliphatic rings. The molecule has 2 amide bonds. The first-order chi connectivity index (χ1) is 28.4. The van der Waals surface area contributed by atoms with E-state index in [9.17, 15) is 9.59 Å². The Kier molecular flexibility index (Phi) is 11.0. The van der Waals surface area contributed by atoms with Gasteiger partial charge < -0.3 is 9.13 Å². The number of hydrogen-bond donors (Lipinski definition) is 2. The van der Waals surface area contributed by atoms with Crippen LogP contribution in [0.4, 0.5) is 11.9 Å². The first-order valence-electron chi connectivity index (χ1n) is 18.8. The van der Waals surface area contributed by atoms with Crippen molar-refractivity contribution in [1.82, 2.24) is 38.7 Å². The molecule has 4 aromatic heterocycles. The van der Waals surface area contributed by atoms with Gasteiger partial charge in [-0.1, -0.05) is 56.1 Å². The normalized spacial score (nSPS) is 11.2. The molecule has 0 fully saturated rings. The monoisotopic (exact) mass is 910 g/mol. The fraction of sp³-hybridized carbons (Fsp3) is 0.156. The second kappa shape index (κ2) is 16.5. The van der Waals surface area contributed by atoms with Crippen molar-refractivity contribution in [1.29, 1.82) is 0 Å². The van der Waals surface area contributed by atoms with Gasteiger partial charge in [0, 0.05) is 69.4 Å². The summed E-state index contributed by atoms with van der Waals surface area (Å²) in [7, 11) is 3.78. The SMILES string of the molecule is Cc1cc(Br)c(-c2cnc(NC(=O)c3cccc(Cn4cc(-c5cc(C)c(-c6cnc(NC(=O)c7cccc(Cn8cccn8)c7)n6C)cc5Br)cn4)c3)n2C)cc1C. The van der Waals surface area contributed by atoms with Gasteiger partial charge >= 0.3 is 0 Å². The van der Waals surface area contributed by atoms with E-state index in [2.05, 4.69) is 108 Å². The maximum absolute atomic E-state index is 13.4. The quantitative estimate of drug-likeness (QED) is 0.133. The third-order valence-corrected chi connectivity index (χ3v) is 11.8. The summed E-state index contributed by atoms with van der Waals surface area (Å²) >= 11 is 7.49. The van der Waals surface area contributed by atoms with E-state index in [1.807, 2.05) is 93.6 Å². The molecule has 2 N–H and O–H groups in total. The molecule has 4 heterocycles. The summed E-state index contributed by atoms with van der Waals surface area (Å²) in [5.41, 5.74) is 12.0. The number of nitrogens with zero attached hydrogens (tertiary/aromatic N) is 8. The largest absolute Gasteiger partial charge is 0.313 e. The number of rotatable bonds is 11. The van der Waals surface area contributed by atoms with Crippen LogP contribution in [-0.4, -0.2) is 50.5 Å². The average Bonchev–Trinajstić information content (AvgIpc) is 4.04. The Bertz CT molecular complexity index is 2870. The van der Waals surface area contributed by atoms with Crippen LogP contribution in [0.15, 0.2) is 125 Å². The standard InChI is InChI=1S/C45H40Br2N10O2/c1-27-15-37(38(46)17-28(27)2)41-23-49-45(55(41)5)53-43(59)33-12-7-10-31(19-33)25-57-26-34(21-51-57)36-16-29(3)35(20-39(36)47)40-22-48-44(54(40)4)52-42(58)32-11-6-9-30(18-32)24-56-14-8-13-50-56/h6-23,26H,24-25H2,1-5H3,(H,48,52,58)(H,49,53,59). The van der Waals surface area contributed by atoms with Gasteiger partial charge in [-0.3, -0.25) is 29.6 Å². The van der Waals surface area contributed by atoms with Gasteiger partial charge in [0.05, 0.1) is 43.1 Å². The number of halogens is 2. The fourth-order valence-electron chi connectivity index (χ4n) is 7.03. The summed E-state index contributed by atoms with van der Waals surface area (Å²) < 4.78 is 9.30. The van der Waals surface area contributed by atoms with Crippen molar-refractivity contribution in [2.75, 3.05) is 10.6 Å². The van der Waals surface area contributed by atoms with E-state index < -0.39 is 0 Å². The van der Waals surface area contributed by atoms with E-state index in [0.29, 0.717) is 36.1 Å². The second-order valence-electron chi connectivity index (χ2n) is 14.6. The van der Waals surface area contributed by atoms with Crippen molar-refractivity contribution < 1.29 is 9.59 Å². The lowest BCUT2D eigenvalue weighted by Crippen LogP contribution is -2.15. The first kappa shape index (κ1) is 39.4. The molecule has 8 rings (SSSR count). The number of nitrogens with one attached hydrogen (secondary N) is 2. The summed E-state index contributed by atoms with van der Waals surface area (Å²) in [6.45, 7) is 7.26. The summed E-state index contributed by atoms with van der Waals surface area (Å²) in [6.07, 6.45) is 11.0. The number of carbonyl (C=O) groups excluding carboxylic acids is 2. The van der Waals surface area contributed by atoms with Crippen LogP contribution in [0, 0.1) is 20.8 Å². The van der Waals surface area contributed by atoms with Gasteiger partial charge in [-0.25, -0.2) is 9.97 Å². The van der Waals surface area contributed by atoms with E-state index in [4.69, 9.17) is 0 Å². The van der Waals surface area contributed by atoms with E-state index >= 15 is 0 Å². The molecule has 59 heavy (non-hydrogen) atoms. The van der Waals surface area contributed by atoms with Crippen LogP contribution in [0.3, 0.4) is 0 Å². The van der Waals surface area contributed by atoms with E-state index in [0.717, 1.165) is 59.3 Å². The Labute approximate surface area is 358 Å².